The van der Waals surface area contributed by atoms with Gasteiger partial charge in [0.15, 0.2) is 0 Å². The smallest absolute Gasteiger partial charge is 0.335 e. The molecule has 0 aliphatic heterocycles. The summed E-state index contributed by atoms with van der Waals surface area (Å²) >= 11 is 0. The van der Waals surface area contributed by atoms with Gasteiger partial charge in [0.2, 0.25) is 0 Å². The van der Waals surface area contributed by atoms with Crippen LogP contribution in [-0.2, 0) is 19.1 Å². The van der Waals surface area contributed by atoms with Crippen molar-refractivity contribution in [1.82, 2.24) is 0 Å². The Morgan fingerprint density at radius 2 is 1.36 bits per heavy atom. The molecule has 0 heterocycles. The average molecular weight is 581 g/mol. The lowest BCUT2D eigenvalue weighted by Crippen LogP contribution is -2.15. The Labute approximate surface area is 248 Å². The van der Waals surface area contributed by atoms with Crippen LogP contribution in [0.5, 0.6) is 11.5 Å². The normalized spacial score (nSPS) is 16.4. The fourth-order valence-corrected chi connectivity index (χ4v) is 5.27. The molecule has 1 saturated carbocycles. The van der Waals surface area contributed by atoms with E-state index >= 15 is 0 Å². The monoisotopic (exact) mass is 580 g/mol. The van der Waals surface area contributed by atoms with Gasteiger partial charge in [-0.15, -0.1) is 0 Å². The first-order valence-corrected chi connectivity index (χ1v) is 14.7. The van der Waals surface area contributed by atoms with Crippen LogP contribution in [0.2, 0.25) is 0 Å². The molecule has 0 amide bonds. The van der Waals surface area contributed by atoms with Crippen molar-refractivity contribution in [3.8, 4) is 22.6 Å². The van der Waals surface area contributed by atoms with E-state index in [1.54, 1.807) is 6.07 Å². The Bertz CT molecular complexity index is 1170. The molecule has 0 saturated heterocycles. The van der Waals surface area contributed by atoms with E-state index in [2.05, 4.69) is 45.2 Å². The number of carbonyl (C=O) groups excluding carboxylic acids is 2. The van der Waals surface area contributed by atoms with Crippen molar-refractivity contribution in [1.29, 1.82) is 0 Å². The summed E-state index contributed by atoms with van der Waals surface area (Å²) in [7, 11) is 0. The minimum atomic E-state index is -0.674. The number of rotatable bonds is 16. The van der Waals surface area contributed by atoms with Gasteiger partial charge in [0.25, 0.3) is 0 Å². The van der Waals surface area contributed by atoms with Gasteiger partial charge in [-0.1, -0.05) is 51.1 Å². The van der Waals surface area contributed by atoms with Crippen LogP contribution in [0.3, 0.4) is 0 Å². The molecule has 228 valence electrons. The number of hydrogen-bond acceptors (Lipinski definition) is 8. The third-order valence-corrected chi connectivity index (χ3v) is 7.59. The third kappa shape index (κ3) is 9.74. The maximum Gasteiger partial charge on any atom is 0.335 e. The zero-order chi connectivity index (χ0) is 30.5. The molecule has 0 aromatic heterocycles. The molecule has 0 unspecified atom stereocenters. The molecule has 42 heavy (non-hydrogen) atoms. The summed E-state index contributed by atoms with van der Waals surface area (Å²) in [6.45, 7) is 10.5. The number of carbonyl (C=O) groups is 2. The number of aryl methyl sites for hydroxylation is 1. The lowest BCUT2D eigenvalue weighted by Gasteiger charge is -2.29. The highest BCUT2D eigenvalue weighted by Gasteiger charge is 2.22. The van der Waals surface area contributed by atoms with Gasteiger partial charge in [0, 0.05) is 6.07 Å². The number of aliphatic hydroxyl groups excluding tert-OH is 2. The van der Waals surface area contributed by atoms with Gasteiger partial charge in [-0.2, -0.15) is 0 Å². The summed E-state index contributed by atoms with van der Waals surface area (Å²) in [6, 6.07) is 12.2. The third-order valence-electron chi connectivity index (χ3n) is 7.59. The summed E-state index contributed by atoms with van der Waals surface area (Å²) in [4.78, 5) is 23.5. The maximum atomic E-state index is 11.7. The Balaban J connectivity index is 1.73. The van der Waals surface area contributed by atoms with Gasteiger partial charge >= 0.3 is 11.9 Å². The standard InChI is InChI=1S/C34H44O8/c1-5-6-26-7-9-27(10-8-26)28-11-12-32(23(2)17-28)29-18-30(39-13-15-41-33(37)24(3)21-35)20-31(19-29)40-14-16-42-34(38)25(4)22-36/h11-12,17-20,26-27,35-36H,3-10,13-16,21-22H2,1-2H3. The van der Waals surface area contributed by atoms with Crippen molar-refractivity contribution in [3.63, 3.8) is 0 Å². The summed E-state index contributed by atoms with van der Waals surface area (Å²) in [5.41, 5.74) is 4.43. The molecular weight excluding hydrogens is 536 g/mol. The minimum Gasteiger partial charge on any atom is -0.490 e. The highest BCUT2D eigenvalue weighted by atomic mass is 16.6. The van der Waals surface area contributed by atoms with Gasteiger partial charge in [-0.05, 0) is 78.8 Å². The first-order valence-electron chi connectivity index (χ1n) is 14.7. The number of ether oxygens (including phenoxy) is 4. The molecule has 8 heteroatoms. The largest absolute Gasteiger partial charge is 0.490 e. The lowest BCUT2D eigenvalue weighted by atomic mass is 9.77. The van der Waals surface area contributed by atoms with Crippen LogP contribution in [0.25, 0.3) is 11.1 Å². The van der Waals surface area contributed by atoms with E-state index in [1.165, 1.54) is 44.1 Å². The summed E-state index contributed by atoms with van der Waals surface area (Å²) in [6.07, 6.45) is 7.65. The molecule has 1 fully saturated rings. The van der Waals surface area contributed by atoms with E-state index in [1.807, 2.05) is 12.1 Å². The summed E-state index contributed by atoms with van der Waals surface area (Å²) < 4.78 is 21.9. The van der Waals surface area contributed by atoms with E-state index < -0.39 is 25.2 Å². The number of aliphatic hydroxyl groups is 2. The SMILES string of the molecule is C=C(CO)C(=O)OCCOc1cc(OCCOC(=O)C(=C)CO)cc(-c2ccc(C3CCC(CCC)CC3)cc2C)c1. The zero-order valence-electron chi connectivity index (χ0n) is 24.9. The average Bonchev–Trinajstić information content (AvgIpc) is 3.00. The molecule has 0 bridgehead atoms. The minimum absolute atomic E-state index is 0.0167. The second kappa shape index (κ2) is 16.7. The van der Waals surface area contributed by atoms with Gasteiger partial charge < -0.3 is 29.2 Å². The van der Waals surface area contributed by atoms with Crippen LogP contribution in [0.1, 0.15) is 62.5 Å². The van der Waals surface area contributed by atoms with E-state index in [0.29, 0.717) is 17.4 Å². The van der Waals surface area contributed by atoms with Gasteiger partial charge in [0.1, 0.15) is 37.9 Å². The Morgan fingerprint density at radius 1 is 0.810 bits per heavy atom. The lowest BCUT2D eigenvalue weighted by molar-refractivity contribution is -0.141. The van der Waals surface area contributed by atoms with Crippen LogP contribution in [0.15, 0.2) is 60.7 Å². The maximum absolute atomic E-state index is 11.7. The number of hydrogen-bond donors (Lipinski definition) is 2. The van der Waals surface area contributed by atoms with Crippen LogP contribution in [-0.4, -0.2) is 61.8 Å². The van der Waals surface area contributed by atoms with Crippen molar-refractivity contribution in [2.45, 2.75) is 58.3 Å². The fraction of sp³-hybridized carbons (Fsp3) is 0.471. The van der Waals surface area contributed by atoms with Crippen LogP contribution < -0.4 is 9.47 Å². The molecule has 2 N–H and O–H groups in total. The van der Waals surface area contributed by atoms with Crippen LogP contribution in [0.4, 0.5) is 0 Å². The quantitative estimate of drug-likeness (QED) is 0.148. The molecule has 0 spiro atoms. The second-order valence-electron chi connectivity index (χ2n) is 10.8. The molecule has 1 aliphatic rings. The Kier molecular flexibility index (Phi) is 13.1. The second-order valence-corrected chi connectivity index (χ2v) is 10.8. The van der Waals surface area contributed by atoms with Crippen molar-refractivity contribution < 1.29 is 38.7 Å². The number of benzene rings is 2. The zero-order valence-corrected chi connectivity index (χ0v) is 24.9. The first kappa shape index (κ1) is 32.9. The highest BCUT2D eigenvalue weighted by Crippen LogP contribution is 2.39. The molecular formula is C34H44O8. The van der Waals surface area contributed by atoms with Gasteiger partial charge in [0.05, 0.1) is 24.4 Å². The van der Waals surface area contributed by atoms with E-state index in [-0.39, 0.29) is 37.6 Å². The highest BCUT2D eigenvalue weighted by molar-refractivity contribution is 5.88. The predicted octanol–water partition coefficient (Wildman–Crippen LogP) is 5.68. The van der Waals surface area contributed by atoms with Gasteiger partial charge in [-0.3, -0.25) is 0 Å². The first-order chi connectivity index (χ1) is 20.2. The Morgan fingerprint density at radius 3 is 1.83 bits per heavy atom. The molecule has 3 rings (SSSR count). The summed E-state index contributed by atoms with van der Waals surface area (Å²) in [5.74, 6) is 1.14. The van der Waals surface area contributed by atoms with Crippen molar-refractivity contribution in [2.75, 3.05) is 39.6 Å². The molecule has 2 aromatic rings. The van der Waals surface area contributed by atoms with Crippen molar-refractivity contribution in [2.24, 2.45) is 5.92 Å². The van der Waals surface area contributed by atoms with E-state index in [9.17, 15) is 9.59 Å². The van der Waals surface area contributed by atoms with E-state index in [4.69, 9.17) is 29.2 Å². The van der Waals surface area contributed by atoms with E-state index in [0.717, 1.165) is 22.6 Å². The van der Waals surface area contributed by atoms with Crippen LogP contribution >= 0.6 is 0 Å². The fourth-order valence-electron chi connectivity index (χ4n) is 5.27. The molecule has 2 aromatic carbocycles. The topological polar surface area (TPSA) is 112 Å². The van der Waals surface area contributed by atoms with Crippen molar-refractivity contribution >= 4 is 11.9 Å². The molecule has 8 nitrogen and oxygen atoms in total. The van der Waals surface area contributed by atoms with Gasteiger partial charge in [-0.25, -0.2) is 9.59 Å². The van der Waals surface area contributed by atoms with Crippen molar-refractivity contribution in [3.05, 3.63) is 71.8 Å². The molecule has 0 atom stereocenters. The molecule has 0 radical (unpaired) electrons. The van der Waals surface area contributed by atoms with Crippen LogP contribution in [0, 0.1) is 12.8 Å². The predicted molar refractivity (Wildman–Crippen MR) is 162 cm³/mol. The Hall–Kier alpha value is -3.62. The summed E-state index contributed by atoms with van der Waals surface area (Å²) in [5, 5.41) is 18.0. The molecule has 1 aliphatic carbocycles. The number of esters is 2.